The number of hydrogen-bond acceptors (Lipinski definition) is 2. The quantitative estimate of drug-likeness (QED) is 0.581. The predicted octanol–water partition coefficient (Wildman–Crippen LogP) is 3.28. The summed E-state index contributed by atoms with van der Waals surface area (Å²) in [4.78, 5) is 12.2. The lowest BCUT2D eigenvalue weighted by atomic mass is 10.1. The Hall–Kier alpha value is -0.470. The van der Waals surface area contributed by atoms with Crippen molar-refractivity contribution in [3.05, 3.63) is 29.3 Å². The summed E-state index contributed by atoms with van der Waals surface area (Å²) in [5, 5.41) is 0. The van der Waals surface area contributed by atoms with Crippen molar-refractivity contribution in [3.8, 4) is 0 Å². The van der Waals surface area contributed by atoms with Gasteiger partial charge in [0, 0.05) is 17.2 Å². The average molecular weight is 229 g/mol. The van der Waals surface area contributed by atoms with Crippen molar-refractivity contribution in [2.75, 3.05) is 6.26 Å². The molecule has 0 fully saturated rings. The molecule has 76 valence electrons. The number of Topliss-reactive ketones (excluding diaryl/α,β-unsaturated/α-hetero) is 1. The van der Waals surface area contributed by atoms with Crippen LogP contribution in [-0.2, 0) is 17.1 Å². The summed E-state index contributed by atoms with van der Waals surface area (Å²) in [5.41, 5.74) is 2.16. The number of rotatable bonds is 4. The van der Waals surface area contributed by atoms with Gasteiger partial charge in [0.1, 0.15) is 5.78 Å². The van der Waals surface area contributed by atoms with E-state index in [0.29, 0.717) is 12.3 Å². The molecule has 0 saturated carbocycles. The third-order valence-electron chi connectivity index (χ3n) is 1.94. The summed E-state index contributed by atoms with van der Waals surface area (Å²) in [6.45, 7) is 1.61. The number of alkyl halides is 1. The highest BCUT2D eigenvalue weighted by atomic mass is 35.5. The Bertz CT molecular complexity index is 336. The maximum absolute atomic E-state index is 11.0. The molecule has 1 aromatic carbocycles. The lowest BCUT2D eigenvalue weighted by Gasteiger charge is -2.07. The minimum atomic E-state index is 0.187. The van der Waals surface area contributed by atoms with Crippen LogP contribution in [0.2, 0.25) is 0 Å². The molecule has 0 atom stereocenters. The summed E-state index contributed by atoms with van der Waals surface area (Å²) < 4.78 is 0. The van der Waals surface area contributed by atoms with Gasteiger partial charge in [0.25, 0.3) is 0 Å². The van der Waals surface area contributed by atoms with E-state index in [2.05, 4.69) is 0 Å². The van der Waals surface area contributed by atoms with Crippen LogP contribution in [0.25, 0.3) is 0 Å². The van der Waals surface area contributed by atoms with E-state index in [1.165, 1.54) is 0 Å². The van der Waals surface area contributed by atoms with E-state index in [1.807, 2.05) is 24.5 Å². The van der Waals surface area contributed by atoms with Gasteiger partial charge >= 0.3 is 0 Å². The fourth-order valence-electron chi connectivity index (χ4n) is 1.32. The molecule has 1 nitrogen and oxygen atoms in total. The Balaban J connectivity index is 3.01. The molecule has 0 spiro atoms. The molecular weight excluding hydrogens is 216 g/mol. The van der Waals surface area contributed by atoms with E-state index in [0.717, 1.165) is 16.0 Å². The van der Waals surface area contributed by atoms with E-state index < -0.39 is 0 Å². The first-order valence-corrected chi connectivity index (χ1v) is 6.14. The number of benzene rings is 1. The second-order valence-corrected chi connectivity index (χ2v) is 4.27. The van der Waals surface area contributed by atoms with Crippen LogP contribution in [0.15, 0.2) is 23.1 Å². The SMILES string of the molecule is CSc1ccc(CCl)cc1CC(C)=O. The van der Waals surface area contributed by atoms with Crippen molar-refractivity contribution in [2.45, 2.75) is 24.1 Å². The maximum atomic E-state index is 11.0. The number of hydrogen-bond donors (Lipinski definition) is 0. The highest BCUT2D eigenvalue weighted by molar-refractivity contribution is 7.98. The van der Waals surface area contributed by atoms with Crippen LogP contribution in [0.3, 0.4) is 0 Å². The summed E-state index contributed by atoms with van der Waals surface area (Å²) in [5.74, 6) is 0.687. The van der Waals surface area contributed by atoms with E-state index >= 15 is 0 Å². The molecule has 0 bridgehead atoms. The summed E-state index contributed by atoms with van der Waals surface area (Å²) in [7, 11) is 0. The summed E-state index contributed by atoms with van der Waals surface area (Å²) in [6.07, 6.45) is 2.51. The van der Waals surface area contributed by atoms with Gasteiger partial charge in [0.2, 0.25) is 0 Å². The Morgan fingerprint density at radius 3 is 2.71 bits per heavy atom. The average Bonchev–Trinajstić information content (AvgIpc) is 2.16. The van der Waals surface area contributed by atoms with Gasteiger partial charge in [-0.25, -0.2) is 0 Å². The second-order valence-electron chi connectivity index (χ2n) is 3.16. The second kappa shape index (κ2) is 5.42. The lowest BCUT2D eigenvalue weighted by molar-refractivity contribution is -0.116. The molecule has 1 aromatic rings. The van der Waals surface area contributed by atoms with E-state index in [-0.39, 0.29) is 5.78 Å². The van der Waals surface area contributed by atoms with Crippen LogP contribution in [0.1, 0.15) is 18.1 Å². The Morgan fingerprint density at radius 1 is 1.50 bits per heavy atom. The molecular formula is C11H13ClOS. The Morgan fingerprint density at radius 2 is 2.21 bits per heavy atom. The van der Waals surface area contributed by atoms with Crippen LogP contribution in [-0.4, -0.2) is 12.0 Å². The smallest absolute Gasteiger partial charge is 0.134 e. The van der Waals surface area contributed by atoms with Crippen LogP contribution in [0.4, 0.5) is 0 Å². The van der Waals surface area contributed by atoms with Crippen LogP contribution < -0.4 is 0 Å². The zero-order valence-electron chi connectivity index (χ0n) is 8.34. The minimum Gasteiger partial charge on any atom is -0.300 e. The number of halogens is 1. The molecule has 0 saturated heterocycles. The van der Waals surface area contributed by atoms with Gasteiger partial charge in [0.05, 0.1) is 0 Å². The highest BCUT2D eigenvalue weighted by Gasteiger charge is 2.05. The molecule has 0 aliphatic rings. The highest BCUT2D eigenvalue weighted by Crippen LogP contribution is 2.23. The number of carbonyl (C=O) groups is 1. The topological polar surface area (TPSA) is 17.1 Å². The fourth-order valence-corrected chi connectivity index (χ4v) is 2.09. The zero-order chi connectivity index (χ0) is 10.6. The van der Waals surface area contributed by atoms with Gasteiger partial charge in [-0.2, -0.15) is 0 Å². The molecule has 14 heavy (non-hydrogen) atoms. The molecule has 0 unspecified atom stereocenters. The van der Waals surface area contributed by atoms with Crippen molar-refractivity contribution in [1.82, 2.24) is 0 Å². The number of ketones is 1. The summed E-state index contributed by atoms with van der Waals surface area (Å²) >= 11 is 7.40. The normalized spacial score (nSPS) is 10.2. The van der Waals surface area contributed by atoms with Crippen molar-refractivity contribution < 1.29 is 4.79 Å². The number of thioether (sulfide) groups is 1. The first kappa shape index (κ1) is 11.6. The van der Waals surface area contributed by atoms with Crippen LogP contribution in [0.5, 0.6) is 0 Å². The van der Waals surface area contributed by atoms with Crippen LogP contribution >= 0.6 is 23.4 Å². The monoisotopic (exact) mass is 228 g/mol. The first-order valence-electron chi connectivity index (χ1n) is 4.38. The van der Waals surface area contributed by atoms with Crippen molar-refractivity contribution in [2.24, 2.45) is 0 Å². The van der Waals surface area contributed by atoms with Gasteiger partial charge in [-0.3, -0.25) is 4.79 Å². The molecule has 0 aliphatic carbocycles. The summed E-state index contributed by atoms with van der Waals surface area (Å²) in [6, 6.07) is 6.04. The Labute approximate surface area is 93.8 Å². The number of carbonyl (C=O) groups excluding carboxylic acids is 1. The first-order chi connectivity index (χ1) is 6.67. The minimum absolute atomic E-state index is 0.187. The van der Waals surface area contributed by atoms with Crippen molar-refractivity contribution >= 4 is 29.1 Å². The lowest BCUT2D eigenvalue weighted by Crippen LogP contribution is -1.98. The van der Waals surface area contributed by atoms with Gasteiger partial charge in [0.15, 0.2) is 0 Å². The molecule has 0 aromatic heterocycles. The molecule has 0 radical (unpaired) electrons. The standard InChI is InChI=1S/C11H13ClOS/c1-8(13)5-10-6-9(7-12)3-4-11(10)14-2/h3-4,6H,5,7H2,1-2H3. The third-order valence-corrected chi connectivity index (χ3v) is 3.09. The van der Waals surface area contributed by atoms with Gasteiger partial charge in [-0.05, 0) is 30.4 Å². The zero-order valence-corrected chi connectivity index (χ0v) is 9.91. The van der Waals surface area contributed by atoms with Crippen molar-refractivity contribution in [1.29, 1.82) is 0 Å². The fraction of sp³-hybridized carbons (Fsp3) is 0.364. The van der Waals surface area contributed by atoms with Crippen molar-refractivity contribution in [3.63, 3.8) is 0 Å². The van der Waals surface area contributed by atoms with E-state index in [9.17, 15) is 4.79 Å². The third kappa shape index (κ3) is 3.03. The van der Waals surface area contributed by atoms with E-state index in [1.54, 1.807) is 18.7 Å². The maximum Gasteiger partial charge on any atom is 0.134 e. The predicted molar refractivity (Wildman–Crippen MR) is 62.2 cm³/mol. The van der Waals surface area contributed by atoms with E-state index in [4.69, 9.17) is 11.6 Å². The Kier molecular flexibility index (Phi) is 4.49. The largest absolute Gasteiger partial charge is 0.300 e. The van der Waals surface area contributed by atoms with Gasteiger partial charge in [-0.1, -0.05) is 12.1 Å². The molecule has 0 heterocycles. The van der Waals surface area contributed by atoms with Gasteiger partial charge in [-0.15, -0.1) is 23.4 Å². The molecule has 0 aliphatic heterocycles. The molecule has 1 rings (SSSR count). The molecule has 3 heteroatoms. The van der Waals surface area contributed by atoms with Crippen LogP contribution in [0, 0.1) is 0 Å². The molecule has 0 amide bonds. The molecule has 0 N–H and O–H groups in total. The van der Waals surface area contributed by atoms with Gasteiger partial charge < -0.3 is 0 Å².